The lowest BCUT2D eigenvalue weighted by Crippen LogP contribution is -2.32. The summed E-state index contributed by atoms with van der Waals surface area (Å²) in [6, 6.07) is 9.83. The van der Waals surface area contributed by atoms with Crippen molar-refractivity contribution in [3.8, 4) is 0 Å². The van der Waals surface area contributed by atoms with E-state index in [4.69, 9.17) is 0 Å². The molecule has 0 aliphatic carbocycles. The maximum atomic E-state index is 12.6. The molecule has 3 rings (SSSR count). The summed E-state index contributed by atoms with van der Waals surface area (Å²) in [5.41, 5.74) is 6.19. The topological polar surface area (TPSA) is 54.0 Å². The number of carbonyl (C=O) groups excluding carboxylic acids is 1. The van der Waals surface area contributed by atoms with Crippen LogP contribution in [0.2, 0.25) is 0 Å². The summed E-state index contributed by atoms with van der Waals surface area (Å²) in [4.78, 5) is 17.1. The van der Waals surface area contributed by atoms with Crippen LogP contribution >= 0.6 is 11.3 Å². The van der Waals surface area contributed by atoms with Crippen LogP contribution in [0.3, 0.4) is 0 Å². The molecule has 1 amide bonds. The van der Waals surface area contributed by atoms with Gasteiger partial charge in [-0.25, -0.2) is 4.98 Å². The van der Waals surface area contributed by atoms with Crippen LogP contribution in [0.25, 0.3) is 10.2 Å². The van der Waals surface area contributed by atoms with E-state index >= 15 is 0 Å². The second-order valence-electron chi connectivity index (χ2n) is 6.54. The van der Waals surface area contributed by atoms with E-state index in [0.29, 0.717) is 0 Å². The molecule has 0 aliphatic heterocycles. The highest BCUT2D eigenvalue weighted by molar-refractivity contribution is 7.18. The molecule has 5 heteroatoms. The zero-order valence-electron chi connectivity index (χ0n) is 15.2. The first-order chi connectivity index (χ1) is 11.8. The summed E-state index contributed by atoms with van der Waals surface area (Å²) < 4.78 is 1.13. The third-order valence-electron chi connectivity index (χ3n) is 4.20. The highest BCUT2D eigenvalue weighted by atomic mass is 32.1. The minimum Gasteiger partial charge on any atom is -0.374 e. The molecular weight excluding hydrogens is 330 g/mol. The molecule has 0 fully saturated rings. The molecule has 0 saturated carbocycles. The van der Waals surface area contributed by atoms with Gasteiger partial charge in [-0.15, -0.1) is 11.3 Å². The minimum atomic E-state index is -0.341. The van der Waals surface area contributed by atoms with E-state index < -0.39 is 0 Å². The van der Waals surface area contributed by atoms with Crippen LogP contribution in [-0.4, -0.2) is 16.9 Å². The van der Waals surface area contributed by atoms with Crippen molar-refractivity contribution in [3.05, 3.63) is 52.0 Å². The number of amides is 1. The Hall–Kier alpha value is -2.40. The van der Waals surface area contributed by atoms with Gasteiger partial charge in [0, 0.05) is 11.4 Å². The molecule has 1 heterocycles. The van der Waals surface area contributed by atoms with Crippen molar-refractivity contribution in [1.29, 1.82) is 0 Å². The number of carbonyl (C=O) groups is 1. The quantitative estimate of drug-likeness (QED) is 0.696. The monoisotopic (exact) mass is 353 g/mol. The van der Waals surface area contributed by atoms with Crippen molar-refractivity contribution in [3.63, 3.8) is 0 Å². The van der Waals surface area contributed by atoms with Gasteiger partial charge in [0.25, 0.3) is 0 Å². The summed E-state index contributed by atoms with van der Waals surface area (Å²) in [6.45, 7) is 9.98. The molecular formula is C20H23N3OS. The first-order valence-corrected chi connectivity index (χ1v) is 9.17. The van der Waals surface area contributed by atoms with Crippen LogP contribution < -0.4 is 10.6 Å². The number of hydrogen-bond donors (Lipinski definition) is 2. The summed E-state index contributed by atoms with van der Waals surface area (Å²) >= 11 is 1.66. The predicted octanol–water partition coefficient (Wildman–Crippen LogP) is 4.97. The number of benzene rings is 2. The minimum absolute atomic E-state index is 0.0457. The molecule has 2 N–H and O–H groups in total. The molecule has 1 aromatic heterocycles. The Morgan fingerprint density at radius 3 is 2.44 bits per heavy atom. The summed E-state index contributed by atoms with van der Waals surface area (Å²) in [5.74, 6) is -0.0457. The van der Waals surface area contributed by atoms with Gasteiger partial charge in [0.05, 0.1) is 15.2 Å². The average Bonchev–Trinajstić information content (AvgIpc) is 2.89. The molecule has 0 radical (unpaired) electrons. The molecule has 0 aliphatic rings. The van der Waals surface area contributed by atoms with Crippen LogP contribution in [0.1, 0.15) is 28.6 Å². The largest absolute Gasteiger partial charge is 0.374 e. The zero-order valence-corrected chi connectivity index (χ0v) is 16.0. The van der Waals surface area contributed by atoms with E-state index in [1.165, 1.54) is 5.56 Å². The van der Waals surface area contributed by atoms with Crippen molar-refractivity contribution in [2.24, 2.45) is 0 Å². The molecule has 1 atom stereocenters. The molecule has 0 spiro atoms. The number of fused-ring (bicyclic) bond motifs is 1. The Morgan fingerprint density at radius 2 is 1.76 bits per heavy atom. The van der Waals surface area contributed by atoms with E-state index in [2.05, 4.69) is 34.7 Å². The van der Waals surface area contributed by atoms with Gasteiger partial charge in [-0.05, 0) is 63.9 Å². The van der Waals surface area contributed by atoms with Crippen molar-refractivity contribution < 1.29 is 4.79 Å². The zero-order chi connectivity index (χ0) is 18.1. The van der Waals surface area contributed by atoms with Crippen molar-refractivity contribution >= 4 is 38.8 Å². The number of aromatic nitrogens is 1. The first kappa shape index (κ1) is 17.4. The third-order valence-corrected chi connectivity index (χ3v) is 5.13. The van der Waals surface area contributed by atoms with Gasteiger partial charge < -0.3 is 10.6 Å². The number of aryl methyl sites for hydroxylation is 4. The molecule has 2 aromatic carbocycles. The number of anilines is 2. The lowest BCUT2D eigenvalue weighted by molar-refractivity contribution is -0.116. The Bertz CT molecular complexity index is 922. The molecule has 4 nitrogen and oxygen atoms in total. The van der Waals surface area contributed by atoms with Gasteiger partial charge in [-0.2, -0.15) is 0 Å². The maximum Gasteiger partial charge on any atom is 0.246 e. The summed E-state index contributed by atoms with van der Waals surface area (Å²) in [6.07, 6.45) is 0. The molecule has 0 saturated heterocycles. The Morgan fingerprint density at radius 1 is 1.08 bits per heavy atom. The smallest absolute Gasteiger partial charge is 0.246 e. The van der Waals surface area contributed by atoms with Gasteiger partial charge in [0.2, 0.25) is 5.91 Å². The fourth-order valence-electron chi connectivity index (χ4n) is 3.05. The van der Waals surface area contributed by atoms with Crippen molar-refractivity contribution in [2.45, 2.75) is 40.7 Å². The molecule has 130 valence electrons. The summed E-state index contributed by atoms with van der Waals surface area (Å²) in [5, 5.41) is 7.38. The Labute approximate surface area is 152 Å². The van der Waals surface area contributed by atoms with E-state index in [1.807, 2.05) is 45.9 Å². The molecule has 0 bridgehead atoms. The number of hydrogen-bond acceptors (Lipinski definition) is 4. The Balaban J connectivity index is 1.73. The van der Waals surface area contributed by atoms with Crippen LogP contribution in [0.15, 0.2) is 30.3 Å². The molecule has 0 unspecified atom stereocenters. The van der Waals surface area contributed by atoms with E-state index in [0.717, 1.165) is 37.7 Å². The first-order valence-electron chi connectivity index (χ1n) is 8.36. The fraction of sp³-hybridized carbons (Fsp3) is 0.300. The number of nitrogens with zero attached hydrogens (tertiary/aromatic N) is 1. The van der Waals surface area contributed by atoms with Crippen LogP contribution in [0.4, 0.5) is 11.4 Å². The van der Waals surface area contributed by atoms with Gasteiger partial charge in [-0.1, -0.05) is 17.7 Å². The SMILES string of the molecule is Cc1cc(C)c(NC(=O)[C@H](C)Nc2ccc3nc(C)sc3c2)c(C)c1. The maximum absolute atomic E-state index is 12.6. The van der Waals surface area contributed by atoms with E-state index in [1.54, 1.807) is 11.3 Å². The fourth-order valence-corrected chi connectivity index (χ4v) is 3.92. The van der Waals surface area contributed by atoms with Crippen LogP contribution in [0.5, 0.6) is 0 Å². The van der Waals surface area contributed by atoms with Crippen molar-refractivity contribution in [2.75, 3.05) is 10.6 Å². The van der Waals surface area contributed by atoms with E-state index in [-0.39, 0.29) is 11.9 Å². The number of thiazole rings is 1. The predicted molar refractivity (Wildman–Crippen MR) is 107 cm³/mol. The molecule has 3 aromatic rings. The second-order valence-corrected chi connectivity index (χ2v) is 7.78. The number of rotatable bonds is 4. The highest BCUT2D eigenvalue weighted by Gasteiger charge is 2.15. The lowest BCUT2D eigenvalue weighted by atomic mass is 10.0. The van der Waals surface area contributed by atoms with Crippen LogP contribution in [-0.2, 0) is 4.79 Å². The normalized spacial score (nSPS) is 12.2. The highest BCUT2D eigenvalue weighted by Crippen LogP contribution is 2.26. The Kier molecular flexibility index (Phi) is 4.77. The second kappa shape index (κ2) is 6.84. The van der Waals surface area contributed by atoms with Gasteiger partial charge in [0.15, 0.2) is 0 Å². The van der Waals surface area contributed by atoms with Gasteiger partial charge in [0.1, 0.15) is 6.04 Å². The van der Waals surface area contributed by atoms with Crippen LogP contribution in [0, 0.1) is 27.7 Å². The standard InChI is InChI=1S/C20H23N3OS/c1-11-8-12(2)19(13(3)9-11)23-20(24)14(4)21-16-6-7-17-18(10-16)25-15(5)22-17/h6-10,14,21H,1-5H3,(H,23,24)/t14-/m0/s1. The van der Waals surface area contributed by atoms with E-state index in [9.17, 15) is 4.79 Å². The third kappa shape index (κ3) is 3.82. The molecule has 25 heavy (non-hydrogen) atoms. The van der Waals surface area contributed by atoms with Gasteiger partial charge >= 0.3 is 0 Å². The average molecular weight is 353 g/mol. The van der Waals surface area contributed by atoms with Crippen molar-refractivity contribution in [1.82, 2.24) is 4.98 Å². The number of nitrogens with one attached hydrogen (secondary N) is 2. The summed E-state index contributed by atoms with van der Waals surface area (Å²) in [7, 11) is 0. The lowest BCUT2D eigenvalue weighted by Gasteiger charge is -2.18. The van der Waals surface area contributed by atoms with Gasteiger partial charge in [-0.3, -0.25) is 4.79 Å².